The maximum absolute atomic E-state index is 12.3. The lowest BCUT2D eigenvalue weighted by Gasteiger charge is -2.41. The highest BCUT2D eigenvalue weighted by Gasteiger charge is 2.37. The second-order valence-corrected chi connectivity index (χ2v) is 6.61. The van der Waals surface area contributed by atoms with Crippen LogP contribution in [0.1, 0.15) is 19.3 Å². The van der Waals surface area contributed by atoms with Gasteiger partial charge in [0.1, 0.15) is 0 Å². The Kier molecular flexibility index (Phi) is 2.72. The third-order valence-corrected chi connectivity index (χ3v) is 5.23. The van der Waals surface area contributed by atoms with Crippen molar-refractivity contribution in [3.05, 3.63) is 18.4 Å². The van der Waals surface area contributed by atoms with Crippen LogP contribution in [0.15, 0.2) is 27.9 Å². The summed E-state index contributed by atoms with van der Waals surface area (Å²) >= 11 is 0. The fourth-order valence-electron chi connectivity index (χ4n) is 2.70. The van der Waals surface area contributed by atoms with Crippen LogP contribution in [-0.2, 0) is 10.0 Å². The lowest BCUT2D eigenvalue weighted by molar-refractivity contribution is 0.188. The Morgan fingerprint density at radius 2 is 2.00 bits per heavy atom. The van der Waals surface area contributed by atoms with Crippen molar-refractivity contribution >= 4 is 10.0 Å². The number of hydrogen-bond acceptors (Lipinski definition) is 4. The zero-order valence-electron chi connectivity index (χ0n) is 9.50. The molecule has 0 spiro atoms. The monoisotopic (exact) mass is 256 g/mol. The van der Waals surface area contributed by atoms with Crippen LogP contribution in [0.4, 0.5) is 0 Å². The Balaban J connectivity index is 1.85. The zero-order valence-corrected chi connectivity index (χ0v) is 10.3. The van der Waals surface area contributed by atoms with Gasteiger partial charge in [0.2, 0.25) is 5.09 Å². The summed E-state index contributed by atoms with van der Waals surface area (Å²) in [5.41, 5.74) is 0. The molecule has 2 fully saturated rings. The van der Waals surface area contributed by atoms with E-state index >= 15 is 0 Å². The first-order valence-corrected chi connectivity index (χ1v) is 7.40. The van der Waals surface area contributed by atoms with Gasteiger partial charge in [0.15, 0.2) is 0 Å². The standard InChI is InChI=1S/C11H16N2O3S/c14-17(15,11-5-2-6-16-11)13-7-9-3-1-4-10(8-13)12-9/h2,5-6,9-10,12H,1,3-4,7-8H2. The molecule has 0 radical (unpaired) electrons. The zero-order chi connectivity index (χ0) is 11.9. The average Bonchev–Trinajstić information content (AvgIpc) is 2.82. The molecule has 2 aliphatic rings. The van der Waals surface area contributed by atoms with Gasteiger partial charge in [-0.2, -0.15) is 4.31 Å². The third-order valence-electron chi connectivity index (χ3n) is 3.51. The molecule has 3 rings (SSSR count). The molecule has 2 bridgehead atoms. The van der Waals surface area contributed by atoms with Crippen LogP contribution in [0, 0.1) is 0 Å². The Morgan fingerprint density at radius 1 is 1.29 bits per heavy atom. The van der Waals surface area contributed by atoms with E-state index in [0.29, 0.717) is 25.2 Å². The quantitative estimate of drug-likeness (QED) is 0.850. The number of rotatable bonds is 2. The van der Waals surface area contributed by atoms with Crippen molar-refractivity contribution in [2.45, 2.75) is 36.4 Å². The van der Waals surface area contributed by atoms with E-state index in [1.807, 2.05) is 0 Å². The normalized spacial score (nSPS) is 30.4. The van der Waals surface area contributed by atoms with E-state index < -0.39 is 10.0 Å². The first-order chi connectivity index (χ1) is 8.16. The van der Waals surface area contributed by atoms with Crippen LogP contribution in [0.25, 0.3) is 0 Å². The fraction of sp³-hybridized carbons (Fsp3) is 0.636. The minimum Gasteiger partial charge on any atom is -0.452 e. The molecule has 5 nitrogen and oxygen atoms in total. The molecule has 0 saturated carbocycles. The fourth-order valence-corrected chi connectivity index (χ4v) is 4.13. The molecule has 2 unspecified atom stereocenters. The number of piperazine rings is 1. The maximum Gasteiger partial charge on any atom is 0.276 e. The second kappa shape index (κ2) is 4.12. The van der Waals surface area contributed by atoms with Crippen LogP contribution in [0.5, 0.6) is 0 Å². The van der Waals surface area contributed by atoms with Crippen molar-refractivity contribution in [3.63, 3.8) is 0 Å². The first kappa shape index (κ1) is 11.3. The third kappa shape index (κ3) is 2.00. The number of hydrogen-bond donors (Lipinski definition) is 1. The first-order valence-electron chi connectivity index (χ1n) is 5.96. The van der Waals surface area contributed by atoms with Crippen LogP contribution in [-0.4, -0.2) is 37.9 Å². The molecule has 17 heavy (non-hydrogen) atoms. The predicted molar refractivity (Wildman–Crippen MR) is 62.0 cm³/mol. The van der Waals surface area contributed by atoms with Gasteiger partial charge in [-0.25, -0.2) is 8.42 Å². The van der Waals surface area contributed by atoms with Gasteiger partial charge in [0.05, 0.1) is 6.26 Å². The SMILES string of the molecule is O=S(=O)(c1ccco1)N1CC2CCCC(C1)N2. The van der Waals surface area contributed by atoms with Gasteiger partial charge in [-0.1, -0.05) is 6.42 Å². The van der Waals surface area contributed by atoms with Crippen LogP contribution in [0.3, 0.4) is 0 Å². The van der Waals surface area contributed by atoms with Gasteiger partial charge in [-0.15, -0.1) is 0 Å². The van der Waals surface area contributed by atoms with E-state index in [0.717, 1.165) is 12.8 Å². The molecular weight excluding hydrogens is 240 g/mol. The summed E-state index contributed by atoms with van der Waals surface area (Å²) < 4.78 is 31.1. The number of piperidine rings is 1. The Morgan fingerprint density at radius 3 is 2.59 bits per heavy atom. The molecule has 1 N–H and O–H groups in total. The topological polar surface area (TPSA) is 62.6 Å². The maximum atomic E-state index is 12.3. The summed E-state index contributed by atoms with van der Waals surface area (Å²) in [5, 5.41) is 3.52. The molecule has 94 valence electrons. The minimum absolute atomic E-state index is 0.0532. The number of nitrogens with one attached hydrogen (secondary N) is 1. The van der Waals surface area contributed by atoms with Gasteiger partial charge < -0.3 is 9.73 Å². The number of furan rings is 1. The number of nitrogens with zero attached hydrogens (tertiary/aromatic N) is 1. The molecule has 2 atom stereocenters. The van der Waals surface area contributed by atoms with Gasteiger partial charge >= 0.3 is 0 Å². The van der Waals surface area contributed by atoms with Crippen LogP contribution >= 0.6 is 0 Å². The lowest BCUT2D eigenvalue weighted by Crippen LogP contribution is -2.59. The van der Waals surface area contributed by atoms with Gasteiger partial charge in [0, 0.05) is 25.2 Å². The summed E-state index contributed by atoms with van der Waals surface area (Å²) in [6.07, 6.45) is 4.70. The van der Waals surface area contributed by atoms with E-state index in [9.17, 15) is 8.42 Å². The summed E-state index contributed by atoms with van der Waals surface area (Å²) in [5.74, 6) is 0. The highest BCUT2D eigenvalue weighted by atomic mass is 32.2. The second-order valence-electron chi connectivity index (χ2n) is 4.75. The lowest BCUT2D eigenvalue weighted by atomic mass is 9.96. The molecule has 1 aromatic rings. The van der Waals surface area contributed by atoms with Gasteiger partial charge in [0.25, 0.3) is 10.0 Å². The summed E-state index contributed by atoms with van der Waals surface area (Å²) in [6, 6.07) is 3.71. The van der Waals surface area contributed by atoms with Crippen molar-refractivity contribution in [1.82, 2.24) is 9.62 Å². The van der Waals surface area contributed by atoms with Crippen molar-refractivity contribution in [1.29, 1.82) is 0 Å². The van der Waals surface area contributed by atoms with E-state index in [-0.39, 0.29) is 5.09 Å². The summed E-state index contributed by atoms with van der Waals surface area (Å²) in [7, 11) is -3.43. The predicted octanol–water partition coefficient (Wildman–Crippen LogP) is 0.795. The Labute approximate surface area is 101 Å². The largest absolute Gasteiger partial charge is 0.452 e. The molecule has 0 amide bonds. The Hall–Kier alpha value is -0.850. The van der Waals surface area contributed by atoms with E-state index in [4.69, 9.17) is 4.42 Å². The molecular formula is C11H16N2O3S. The molecule has 3 heterocycles. The smallest absolute Gasteiger partial charge is 0.276 e. The van der Waals surface area contributed by atoms with E-state index in [1.54, 1.807) is 10.4 Å². The highest BCUT2D eigenvalue weighted by Crippen LogP contribution is 2.24. The van der Waals surface area contributed by atoms with Crippen molar-refractivity contribution in [2.75, 3.05) is 13.1 Å². The Bertz CT molecular complexity index is 471. The summed E-state index contributed by atoms with van der Waals surface area (Å²) in [4.78, 5) is 0. The van der Waals surface area contributed by atoms with Crippen molar-refractivity contribution < 1.29 is 12.8 Å². The molecule has 1 aromatic heterocycles. The molecule has 2 aliphatic heterocycles. The molecule has 0 aromatic carbocycles. The van der Waals surface area contributed by atoms with Gasteiger partial charge in [-0.3, -0.25) is 0 Å². The van der Waals surface area contributed by atoms with Gasteiger partial charge in [-0.05, 0) is 25.0 Å². The minimum atomic E-state index is -3.43. The average molecular weight is 256 g/mol. The molecule has 0 aliphatic carbocycles. The number of fused-ring (bicyclic) bond motifs is 2. The molecule has 6 heteroatoms. The summed E-state index contributed by atoms with van der Waals surface area (Å²) in [6.45, 7) is 1.11. The van der Waals surface area contributed by atoms with E-state index in [2.05, 4.69) is 5.32 Å². The highest BCUT2D eigenvalue weighted by molar-refractivity contribution is 7.89. The molecule has 2 saturated heterocycles. The van der Waals surface area contributed by atoms with Crippen molar-refractivity contribution in [3.8, 4) is 0 Å². The van der Waals surface area contributed by atoms with Crippen molar-refractivity contribution in [2.24, 2.45) is 0 Å². The number of sulfonamides is 1. The van der Waals surface area contributed by atoms with Crippen LogP contribution < -0.4 is 5.32 Å². The van der Waals surface area contributed by atoms with Crippen LogP contribution in [0.2, 0.25) is 0 Å². The van der Waals surface area contributed by atoms with E-state index in [1.165, 1.54) is 18.8 Å².